The molecule has 27 heavy (non-hydrogen) atoms. The van der Waals surface area contributed by atoms with Gasteiger partial charge >= 0.3 is 0 Å². The lowest BCUT2D eigenvalue weighted by atomic mass is 9.81. The summed E-state index contributed by atoms with van der Waals surface area (Å²) in [6, 6.07) is 2.33. The molecule has 1 aliphatic heterocycles. The van der Waals surface area contributed by atoms with E-state index in [0.29, 0.717) is 17.2 Å². The molecule has 0 aromatic carbocycles. The van der Waals surface area contributed by atoms with Gasteiger partial charge in [0.2, 0.25) is 10.0 Å². The van der Waals surface area contributed by atoms with Crippen LogP contribution in [0.3, 0.4) is 0 Å². The normalized spacial score (nSPS) is 27.6. The Labute approximate surface area is 160 Å². The number of nitrogens with one attached hydrogen (secondary N) is 1. The Balaban J connectivity index is 1.19. The summed E-state index contributed by atoms with van der Waals surface area (Å²) in [4.78, 5) is 14.0. The zero-order valence-corrected chi connectivity index (χ0v) is 16.6. The standard InChI is InChI=1S/C19H27N5O2S/c1-23(18-16-2-7-20-17(16)21-13-22-18)15-10-14(11-15)12-27(25,26)24-8-5-19(3-4-19)6-9-24/h2,7,13-15H,3-6,8-12H2,1H3,(H,20,21,22)/t14-,15+. The molecule has 2 aromatic rings. The Hall–Kier alpha value is -1.67. The largest absolute Gasteiger partial charge is 0.356 e. The molecule has 1 N–H and O–H groups in total. The van der Waals surface area contributed by atoms with Gasteiger partial charge in [-0.1, -0.05) is 0 Å². The Bertz CT molecular complexity index is 936. The lowest BCUT2D eigenvalue weighted by molar-refractivity contribution is 0.246. The first-order valence-corrected chi connectivity index (χ1v) is 11.6. The molecule has 0 atom stereocenters. The van der Waals surface area contributed by atoms with E-state index in [9.17, 15) is 8.42 Å². The van der Waals surface area contributed by atoms with Gasteiger partial charge in [0.1, 0.15) is 17.8 Å². The lowest BCUT2D eigenvalue weighted by Gasteiger charge is -2.42. The molecule has 3 aliphatic rings. The Morgan fingerprint density at radius 1 is 1.22 bits per heavy atom. The minimum atomic E-state index is -3.12. The highest BCUT2D eigenvalue weighted by molar-refractivity contribution is 7.89. The highest BCUT2D eigenvalue weighted by Crippen LogP contribution is 2.54. The number of nitrogens with zero attached hydrogens (tertiary/aromatic N) is 4. The number of hydrogen-bond acceptors (Lipinski definition) is 5. The number of hydrogen-bond donors (Lipinski definition) is 1. The van der Waals surface area contributed by atoms with Crippen LogP contribution in [0.5, 0.6) is 0 Å². The van der Waals surface area contributed by atoms with Crippen LogP contribution in [-0.2, 0) is 10.0 Å². The smallest absolute Gasteiger partial charge is 0.214 e. The molecule has 146 valence electrons. The zero-order valence-electron chi connectivity index (χ0n) is 15.8. The summed E-state index contributed by atoms with van der Waals surface area (Å²) >= 11 is 0. The van der Waals surface area contributed by atoms with E-state index in [1.165, 1.54) is 12.8 Å². The fourth-order valence-corrected chi connectivity index (χ4v) is 6.60. The number of aromatic amines is 1. The zero-order chi connectivity index (χ0) is 18.6. The molecule has 2 aromatic heterocycles. The minimum absolute atomic E-state index is 0.253. The summed E-state index contributed by atoms with van der Waals surface area (Å²) in [6.07, 6.45) is 9.98. The molecule has 2 saturated carbocycles. The summed E-state index contributed by atoms with van der Waals surface area (Å²) in [6.45, 7) is 1.45. The van der Waals surface area contributed by atoms with Crippen LogP contribution in [0.1, 0.15) is 38.5 Å². The van der Waals surface area contributed by atoms with Crippen molar-refractivity contribution in [2.75, 3.05) is 30.8 Å². The van der Waals surface area contributed by atoms with Gasteiger partial charge < -0.3 is 9.88 Å². The van der Waals surface area contributed by atoms with Crippen LogP contribution in [0.15, 0.2) is 18.6 Å². The van der Waals surface area contributed by atoms with E-state index in [4.69, 9.17) is 0 Å². The summed E-state index contributed by atoms with van der Waals surface area (Å²) < 4.78 is 27.3. The van der Waals surface area contributed by atoms with Gasteiger partial charge in [-0.3, -0.25) is 0 Å². The maximum Gasteiger partial charge on any atom is 0.214 e. The Morgan fingerprint density at radius 3 is 2.67 bits per heavy atom. The lowest BCUT2D eigenvalue weighted by Crippen LogP contribution is -2.48. The maximum absolute atomic E-state index is 12.8. The molecular weight excluding hydrogens is 362 g/mol. The van der Waals surface area contributed by atoms with Crippen molar-refractivity contribution in [1.29, 1.82) is 0 Å². The van der Waals surface area contributed by atoms with E-state index in [2.05, 4.69) is 19.9 Å². The first kappa shape index (κ1) is 17.4. The first-order chi connectivity index (χ1) is 13.0. The molecule has 1 saturated heterocycles. The van der Waals surface area contributed by atoms with Gasteiger partial charge in [0.15, 0.2) is 0 Å². The van der Waals surface area contributed by atoms with Crippen molar-refractivity contribution in [3.63, 3.8) is 0 Å². The van der Waals surface area contributed by atoms with Crippen LogP contribution in [0.2, 0.25) is 0 Å². The first-order valence-electron chi connectivity index (χ1n) is 9.95. The van der Waals surface area contributed by atoms with Gasteiger partial charge in [-0.25, -0.2) is 22.7 Å². The molecule has 0 unspecified atom stereocenters. The van der Waals surface area contributed by atoms with Crippen molar-refractivity contribution in [3.05, 3.63) is 18.6 Å². The average molecular weight is 390 g/mol. The van der Waals surface area contributed by atoms with Gasteiger partial charge in [-0.15, -0.1) is 0 Å². The topological polar surface area (TPSA) is 82.2 Å². The van der Waals surface area contributed by atoms with E-state index in [-0.39, 0.29) is 5.92 Å². The van der Waals surface area contributed by atoms with Crippen molar-refractivity contribution in [2.24, 2.45) is 11.3 Å². The van der Waals surface area contributed by atoms with E-state index >= 15 is 0 Å². The van der Waals surface area contributed by atoms with Crippen LogP contribution in [0.4, 0.5) is 5.82 Å². The number of aromatic nitrogens is 3. The van der Waals surface area contributed by atoms with E-state index < -0.39 is 10.0 Å². The molecule has 1 spiro atoms. The fraction of sp³-hybridized carbons (Fsp3) is 0.684. The molecule has 3 heterocycles. The van der Waals surface area contributed by atoms with Crippen LogP contribution in [0.25, 0.3) is 11.0 Å². The number of anilines is 1. The maximum atomic E-state index is 12.8. The number of piperidine rings is 1. The molecule has 2 aliphatic carbocycles. The van der Waals surface area contributed by atoms with Crippen molar-refractivity contribution in [2.45, 2.75) is 44.6 Å². The fourth-order valence-electron chi connectivity index (χ4n) is 4.78. The molecule has 7 nitrogen and oxygen atoms in total. The summed E-state index contributed by atoms with van der Waals surface area (Å²) in [5, 5.41) is 1.01. The van der Waals surface area contributed by atoms with E-state index in [1.807, 2.05) is 19.3 Å². The number of sulfonamides is 1. The van der Waals surface area contributed by atoms with Gasteiger partial charge in [0.05, 0.1) is 11.1 Å². The number of H-pyrrole nitrogens is 1. The predicted octanol–water partition coefficient (Wildman–Crippen LogP) is 2.38. The summed E-state index contributed by atoms with van der Waals surface area (Å²) in [5.41, 5.74) is 1.35. The second-order valence-electron chi connectivity index (χ2n) is 8.72. The molecular formula is C19H27N5O2S. The molecule has 0 radical (unpaired) electrons. The molecule has 0 bridgehead atoms. The average Bonchev–Trinajstić information content (AvgIpc) is 3.18. The SMILES string of the molecule is CN(c1ncnc2[nH]ccc12)[C@H]1C[C@@H](CS(=O)(=O)N2CCC3(CC2)CC3)C1. The van der Waals surface area contributed by atoms with Crippen molar-refractivity contribution < 1.29 is 8.42 Å². The third-order valence-electron chi connectivity index (χ3n) is 7.01. The third kappa shape index (κ3) is 3.12. The Morgan fingerprint density at radius 2 is 1.96 bits per heavy atom. The number of fused-ring (bicyclic) bond motifs is 1. The molecule has 0 amide bonds. The van der Waals surface area contributed by atoms with Gasteiger partial charge in [-0.2, -0.15) is 0 Å². The van der Waals surface area contributed by atoms with Crippen LogP contribution in [0, 0.1) is 11.3 Å². The van der Waals surface area contributed by atoms with E-state index in [0.717, 1.165) is 55.6 Å². The monoisotopic (exact) mass is 389 g/mol. The Kier molecular flexibility index (Phi) is 3.98. The van der Waals surface area contributed by atoms with Gasteiger partial charge in [0, 0.05) is 32.4 Å². The van der Waals surface area contributed by atoms with E-state index in [1.54, 1.807) is 10.6 Å². The third-order valence-corrected chi connectivity index (χ3v) is 9.05. The molecule has 3 fully saturated rings. The van der Waals surface area contributed by atoms with Crippen LogP contribution < -0.4 is 4.90 Å². The van der Waals surface area contributed by atoms with Crippen molar-refractivity contribution in [3.8, 4) is 0 Å². The van der Waals surface area contributed by atoms with Crippen LogP contribution in [-0.4, -0.2) is 59.6 Å². The predicted molar refractivity (Wildman–Crippen MR) is 105 cm³/mol. The second kappa shape index (κ2) is 6.17. The van der Waals surface area contributed by atoms with Crippen LogP contribution >= 0.6 is 0 Å². The van der Waals surface area contributed by atoms with Crippen molar-refractivity contribution in [1.82, 2.24) is 19.3 Å². The quantitative estimate of drug-likeness (QED) is 0.849. The number of rotatable bonds is 5. The highest BCUT2D eigenvalue weighted by atomic mass is 32.2. The van der Waals surface area contributed by atoms with Gasteiger partial charge in [0.25, 0.3) is 0 Å². The van der Waals surface area contributed by atoms with Gasteiger partial charge in [-0.05, 0) is 55.9 Å². The minimum Gasteiger partial charge on any atom is -0.356 e. The summed E-state index contributed by atoms with van der Waals surface area (Å²) in [7, 11) is -1.08. The summed E-state index contributed by atoms with van der Waals surface area (Å²) in [5.74, 6) is 1.47. The molecule has 8 heteroatoms. The molecule has 5 rings (SSSR count). The highest BCUT2D eigenvalue weighted by Gasteiger charge is 2.47. The second-order valence-corrected chi connectivity index (χ2v) is 10.7. The van der Waals surface area contributed by atoms with Crippen molar-refractivity contribution >= 4 is 26.9 Å².